The average Bonchev–Trinajstić information content (AvgIpc) is 2.60. The molecule has 7 nitrogen and oxygen atoms in total. The number of para-hydroxylation sites is 1. The second kappa shape index (κ2) is 6.03. The Morgan fingerprint density at radius 1 is 1.12 bits per heavy atom. The van der Waals surface area contributed by atoms with Crippen LogP contribution in [0.2, 0.25) is 0 Å². The molecule has 0 bridgehead atoms. The summed E-state index contributed by atoms with van der Waals surface area (Å²) in [5.41, 5.74) is -0.595. The van der Waals surface area contributed by atoms with Gasteiger partial charge in [0.1, 0.15) is 29.1 Å². The summed E-state index contributed by atoms with van der Waals surface area (Å²) in [4.78, 5) is 28.1. The van der Waals surface area contributed by atoms with E-state index in [-0.39, 0.29) is 22.6 Å². The molecule has 1 amide bonds. The largest absolute Gasteiger partial charge is 0.422 e. The molecule has 114 valence electrons. The van der Waals surface area contributed by atoms with E-state index < -0.39 is 11.5 Å². The molecule has 0 fully saturated rings. The summed E-state index contributed by atoms with van der Waals surface area (Å²) >= 11 is 0. The SMILES string of the molecule is N#Cc1ccc(NC(=O)c2cc3ccccc3oc2=O)nc1C#N. The first-order chi connectivity index (χ1) is 11.6. The van der Waals surface area contributed by atoms with Gasteiger partial charge in [-0.15, -0.1) is 0 Å². The van der Waals surface area contributed by atoms with Crippen LogP contribution >= 0.6 is 0 Å². The Hall–Kier alpha value is -3.97. The lowest BCUT2D eigenvalue weighted by atomic mass is 10.2. The van der Waals surface area contributed by atoms with Crippen molar-refractivity contribution in [2.75, 3.05) is 5.32 Å². The van der Waals surface area contributed by atoms with Crippen molar-refractivity contribution in [3.63, 3.8) is 0 Å². The van der Waals surface area contributed by atoms with Crippen molar-refractivity contribution < 1.29 is 9.21 Å². The molecule has 0 atom stereocenters. The molecule has 7 heteroatoms. The zero-order valence-electron chi connectivity index (χ0n) is 12.1. The number of carbonyl (C=O) groups excluding carboxylic acids is 1. The van der Waals surface area contributed by atoms with Crippen LogP contribution in [0.15, 0.2) is 51.7 Å². The van der Waals surface area contributed by atoms with Crippen molar-refractivity contribution in [3.05, 3.63) is 69.7 Å². The second-order valence-electron chi connectivity index (χ2n) is 4.76. The maximum atomic E-state index is 12.3. The van der Waals surface area contributed by atoms with E-state index in [0.29, 0.717) is 11.0 Å². The van der Waals surface area contributed by atoms with Gasteiger partial charge in [0.2, 0.25) is 0 Å². The van der Waals surface area contributed by atoms with Gasteiger partial charge >= 0.3 is 5.63 Å². The topological polar surface area (TPSA) is 120 Å². The van der Waals surface area contributed by atoms with Gasteiger partial charge < -0.3 is 9.73 Å². The molecule has 24 heavy (non-hydrogen) atoms. The lowest BCUT2D eigenvalue weighted by molar-refractivity contribution is 0.102. The van der Waals surface area contributed by atoms with Gasteiger partial charge in [-0.1, -0.05) is 18.2 Å². The van der Waals surface area contributed by atoms with Gasteiger partial charge in [0, 0.05) is 5.39 Å². The van der Waals surface area contributed by atoms with Crippen molar-refractivity contribution in [1.29, 1.82) is 10.5 Å². The monoisotopic (exact) mass is 316 g/mol. The van der Waals surface area contributed by atoms with Crippen molar-refractivity contribution in [3.8, 4) is 12.1 Å². The molecular weight excluding hydrogens is 308 g/mol. The molecule has 0 spiro atoms. The maximum Gasteiger partial charge on any atom is 0.349 e. The summed E-state index contributed by atoms with van der Waals surface area (Å²) < 4.78 is 5.10. The van der Waals surface area contributed by atoms with Crippen LogP contribution < -0.4 is 10.9 Å². The smallest absolute Gasteiger partial charge is 0.349 e. The van der Waals surface area contributed by atoms with Gasteiger partial charge in [0.25, 0.3) is 5.91 Å². The predicted octanol–water partition coefficient (Wildman–Crippen LogP) is 2.18. The first-order valence-electron chi connectivity index (χ1n) is 6.78. The molecule has 2 heterocycles. The number of benzene rings is 1. The fraction of sp³-hybridized carbons (Fsp3) is 0. The highest BCUT2D eigenvalue weighted by atomic mass is 16.4. The number of nitrogens with one attached hydrogen (secondary N) is 1. The number of nitrogens with zero attached hydrogens (tertiary/aromatic N) is 3. The maximum absolute atomic E-state index is 12.3. The minimum absolute atomic E-state index is 0.0584. The van der Waals surface area contributed by atoms with E-state index >= 15 is 0 Å². The molecule has 0 aliphatic heterocycles. The number of hydrogen-bond donors (Lipinski definition) is 1. The lowest BCUT2D eigenvalue weighted by Crippen LogP contribution is -2.21. The Bertz CT molecular complexity index is 1100. The van der Waals surface area contributed by atoms with E-state index in [2.05, 4.69) is 10.3 Å². The Morgan fingerprint density at radius 3 is 2.67 bits per heavy atom. The molecule has 0 saturated heterocycles. The van der Waals surface area contributed by atoms with Crippen molar-refractivity contribution in [2.24, 2.45) is 0 Å². The molecule has 0 radical (unpaired) electrons. The number of rotatable bonds is 2. The molecule has 0 aliphatic carbocycles. The van der Waals surface area contributed by atoms with Crippen LogP contribution in [0.3, 0.4) is 0 Å². The minimum Gasteiger partial charge on any atom is -0.422 e. The minimum atomic E-state index is -0.777. The van der Waals surface area contributed by atoms with Gasteiger partial charge in [-0.05, 0) is 24.3 Å². The summed E-state index contributed by atoms with van der Waals surface area (Å²) in [6, 6.07) is 14.6. The van der Waals surface area contributed by atoms with Crippen molar-refractivity contribution in [2.45, 2.75) is 0 Å². The molecule has 3 aromatic rings. The lowest BCUT2D eigenvalue weighted by Gasteiger charge is -2.05. The second-order valence-corrected chi connectivity index (χ2v) is 4.76. The summed E-state index contributed by atoms with van der Waals surface area (Å²) in [7, 11) is 0. The van der Waals surface area contributed by atoms with E-state index in [1.54, 1.807) is 30.3 Å². The Labute approximate surface area is 135 Å². The predicted molar refractivity (Wildman–Crippen MR) is 84.1 cm³/mol. The van der Waals surface area contributed by atoms with Crippen LogP contribution in [-0.2, 0) is 0 Å². The molecule has 0 aliphatic rings. The van der Waals surface area contributed by atoms with Crippen molar-refractivity contribution >= 4 is 22.7 Å². The number of carbonyl (C=O) groups is 1. The number of nitriles is 2. The first-order valence-corrected chi connectivity index (χ1v) is 6.78. The number of pyridine rings is 1. The number of hydrogen-bond acceptors (Lipinski definition) is 6. The standard InChI is InChI=1S/C17H8N4O3/c18-8-11-5-6-15(20-13(11)9-19)21-16(22)12-7-10-3-1-2-4-14(10)24-17(12)23/h1-7H,(H,20,21,22). The molecule has 2 aromatic heterocycles. The number of fused-ring (bicyclic) bond motifs is 1. The number of amides is 1. The fourth-order valence-electron chi connectivity index (χ4n) is 2.11. The number of anilines is 1. The van der Waals surface area contributed by atoms with E-state index in [1.807, 2.05) is 6.07 Å². The van der Waals surface area contributed by atoms with Gasteiger partial charge in [0.05, 0.1) is 5.56 Å². The van der Waals surface area contributed by atoms with Crippen LogP contribution in [-0.4, -0.2) is 10.9 Å². The highest BCUT2D eigenvalue weighted by Crippen LogP contribution is 2.14. The molecule has 1 N–H and O–H groups in total. The zero-order chi connectivity index (χ0) is 17.1. The third-order valence-electron chi connectivity index (χ3n) is 3.25. The van der Waals surface area contributed by atoms with Gasteiger partial charge in [0.15, 0.2) is 5.69 Å². The van der Waals surface area contributed by atoms with Crippen LogP contribution in [0, 0.1) is 22.7 Å². The highest BCUT2D eigenvalue weighted by molar-refractivity contribution is 6.05. The molecule has 0 saturated carbocycles. The molecule has 3 rings (SSSR count). The molecule has 1 aromatic carbocycles. The van der Waals surface area contributed by atoms with Crippen LogP contribution in [0.1, 0.15) is 21.6 Å². The quantitative estimate of drug-likeness (QED) is 0.723. The van der Waals surface area contributed by atoms with Gasteiger partial charge in [-0.3, -0.25) is 4.79 Å². The van der Waals surface area contributed by atoms with Crippen molar-refractivity contribution in [1.82, 2.24) is 4.98 Å². The number of aromatic nitrogens is 1. The summed E-state index contributed by atoms with van der Waals surface area (Å²) in [6.45, 7) is 0. The Balaban J connectivity index is 1.96. The van der Waals surface area contributed by atoms with Crippen LogP contribution in [0.4, 0.5) is 5.82 Å². The Kier molecular flexibility index (Phi) is 3.76. The summed E-state index contributed by atoms with van der Waals surface area (Å²) in [5, 5.41) is 20.8. The van der Waals surface area contributed by atoms with Gasteiger partial charge in [-0.2, -0.15) is 10.5 Å². The normalized spacial score (nSPS) is 9.92. The highest BCUT2D eigenvalue weighted by Gasteiger charge is 2.15. The first kappa shape index (κ1) is 14.9. The van der Waals surface area contributed by atoms with E-state index in [1.165, 1.54) is 18.2 Å². The van der Waals surface area contributed by atoms with Crippen LogP contribution in [0.5, 0.6) is 0 Å². The molecular formula is C17H8N4O3. The van der Waals surface area contributed by atoms with E-state index in [9.17, 15) is 9.59 Å². The third kappa shape index (κ3) is 2.70. The summed E-state index contributed by atoms with van der Waals surface area (Å²) in [5.74, 6) is -0.654. The molecule has 0 unspecified atom stereocenters. The van der Waals surface area contributed by atoms with Crippen LogP contribution in [0.25, 0.3) is 11.0 Å². The average molecular weight is 316 g/mol. The van der Waals surface area contributed by atoms with E-state index in [0.717, 1.165) is 0 Å². The summed E-state index contributed by atoms with van der Waals surface area (Å²) in [6.07, 6.45) is 0. The fourth-order valence-corrected chi connectivity index (χ4v) is 2.11. The van der Waals surface area contributed by atoms with Gasteiger partial charge in [-0.25, -0.2) is 9.78 Å². The Morgan fingerprint density at radius 2 is 1.92 bits per heavy atom. The zero-order valence-corrected chi connectivity index (χ0v) is 12.1. The third-order valence-corrected chi connectivity index (χ3v) is 3.25. The van der Waals surface area contributed by atoms with E-state index in [4.69, 9.17) is 14.9 Å².